The molecule has 1 aliphatic rings. The number of anilines is 1. The number of Topliss-reactive ketones (excluding diaryl/α,β-unsaturated/α-hetero) is 1. The number of aryl methyl sites for hydroxylation is 1. The van der Waals surface area contributed by atoms with Crippen molar-refractivity contribution in [2.24, 2.45) is 4.99 Å². The van der Waals surface area contributed by atoms with E-state index < -0.39 is 0 Å². The molecule has 2 aromatic rings. The molecule has 3 rings (SSSR count). The average molecular weight is 359 g/mol. The first-order chi connectivity index (χ1) is 11.6. The molecule has 24 heavy (non-hydrogen) atoms. The molecule has 0 bridgehead atoms. The first kappa shape index (κ1) is 17.1. The maximum absolute atomic E-state index is 12.7. The first-order valence-corrected chi connectivity index (χ1v) is 9.30. The summed E-state index contributed by atoms with van der Waals surface area (Å²) >= 11 is 7.72. The standard InChI is InChI=1S/C19H19ClN2OS/c1-14-6-8-17(9-7-14)22(19-21-10-3-11-24-19)13-18(23)15-4-2-5-16(20)12-15/h2,4-9,12H,3,10-11,13H2,1H3. The number of carbonyl (C=O) groups excluding carboxylic acids is 1. The smallest absolute Gasteiger partial charge is 0.182 e. The molecule has 0 N–H and O–H groups in total. The highest BCUT2D eigenvalue weighted by atomic mass is 35.5. The van der Waals surface area contributed by atoms with Crippen LogP contribution in [0.15, 0.2) is 53.5 Å². The van der Waals surface area contributed by atoms with Gasteiger partial charge in [0.05, 0.1) is 6.54 Å². The Hall–Kier alpha value is -1.78. The topological polar surface area (TPSA) is 32.7 Å². The summed E-state index contributed by atoms with van der Waals surface area (Å²) in [5.41, 5.74) is 2.81. The van der Waals surface area contributed by atoms with Crippen molar-refractivity contribution in [1.82, 2.24) is 0 Å². The van der Waals surface area contributed by atoms with Crippen molar-refractivity contribution in [2.45, 2.75) is 13.3 Å². The fourth-order valence-electron chi connectivity index (χ4n) is 2.50. The van der Waals surface area contributed by atoms with E-state index in [9.17, 15) is 4.79 Å². The zero-order valence-electron chi connectivity index (χ0n) is 13.5. The van der Waals surface area contributed by atoms with Gasteiger partial charge >= 0.3 is 0 Å². The van der Waals surface area contributed by atoms with Crippen molar-refractivity contribution in [3.63, 3.8) is 0 Å². The molecule has 1 aliphatic heterocycles. The molecule has 0 atom stereocenters. The number of aliphatic imine (C=N–C) groups is 1. The Balaban J connectivity index is 1.88. The van der Waals surface area contributed by atoms with Crippen LogP contribution in [0.5, 0.6) is 0 Å². The Morgan fingerprint density at radius 3 is 2.71 bits per heavy atom. The molecule has 0 saturated heterocycles. The summed E-state index contributed by atoms with van der Waals surface area (Å²) in [5, 5.41) is 1.49. The van der Waals surface area contributed by atoms with E-state index in [1.165, 1.54) is 5.56 Å². The van der Waals surface area contributed by atoms with E-state index in [0.29, 0.717) is 10.6 Å². The van der Waals surface area contributed by atoms with Gasteiger partial charge in [-0.05, 0) is 37.6 Å². The summed E-state index contributed by atoms with van der Waals surface area (Å²) in [4.78, 5) is 19.4. The predicted octanol–water partition coefficient (Wildman–Crippen LogP) is 4.83. The average Bonchev–Trinajstić information content (AvgIpc) is 2.61. The molecule has 0 spiro atoms. The van der Waals surface area contributed by atoms with E-state index in [0.717, 1.165) is 29.6 Å². The molecule has 1 heterocycles. The molecule has 2 aromatic carbocycles. The molecule has 3 nitrogen and oxygen atoms in total. The van der Waals surface area contributed by atoms with Gasteiger partial charge in [0.25, 0.3) is 0 Å². The summed E-state index contributed by atoms with van der Waals surface area (Å²) in [5.74, 6) is 1.07. The zero-order valence-corrected chi connectivity index (χ0v) is 15.1. The number of hydrogen-bond donors (Lipinski definition) is 0. The van der Waals surface area contributed by atoms with Crippen LogP contribution in [0.25, 0.3) is 0 Å². The van der Waals surface area contributed by atoms with Crippen LogP contribution in [0.1, 0.15) is 22.3 Å². The van der Waals surface area contributed by atoms with Gasteiger partial charge in [-0.2, -0.15) is 0 Å². The van der Waals surface area contributed by atoms with E-state index in [4.69, 9.17) is 11.6 Å². The molecule has 0 aromatic heterocycles. The van der Waals surface area contributed by atoms with Crippen LogP contribution in [-0.2, 0) is 0 Å². The van der Waals surface area contributed by atoms with Gasteiger partial charge in [-0.1, -0.05) is 53.2 Å². The number of ketones is 1. The second kappa shape index (κ2) is 7.86. The molecule has 0 saturated carbocycles. The molecule has 0 unspecified atom stereocenters. The van der Waals surface area contributed by atoms with Crippen molar-refractivity contribution in [3.8, 4) is 0 Å². The number of amidine groups is 1. The van der Waals surface area contributed by atoms with Crippen molar-refractivity contribution in [2.75, 3.05) is 23.7 Å². The van der Waals surface area contributed by atoms with Gasteiger partial charge in [0.2, 0.25) is 0 Å². The van der Waals surface area contributed by atoms with E-state index in [-0.39, 0.29) is 12.3 Å². The summed E-state index contributed by atoms with van der Waals surface area (Å²) in [6, 6.07) is 15.3. The fraction of sp³-hybridized carbons (Fsp3) is 0.263. The Morgan fingerprint density at radius 2 is 2.04 bits per heavy atom. The van der Waals surface area contributed by atoms with Gasteiger partial charge in [-0.3, -0.25) is 9.79 Å². The van der Waals surface area contributed by atoms with Crippen LogP contribution in [-0.4, -0.2) is 29.8 Å². The summed E-state index contributed by atoms with van der Waals surface area (Å²) < 4.78 is 0. The Labute approximate surface area is 151 Å². The van der Waals surface area contributed by atoms with Crippen LogP contribution in [0.2, 0.25) is 5.02 Å². The number of hydrogen-bond acceptors (Lipinski definition) is 4. The third-order valence-electron chi connectivity index (χ3n) is 3.81. The van der Waals surface area contributed by atoms with E-state index in [2.05, 4.69) is 24.0 Å². The van der Waals surface area contributed by atoms with E-state index in [1.807, 2.05) is 17.0 Å². The van der Waals surface area contributed by atoms with Gasteiger partial charge in [0, 0.05) is 28.6 Å². The van der Waals surface area contributed by atoms with Gasteiger partial charge in [-0.15, -0.1) is 0 Å². The SMILES string of the molecule is Cc1ccc(N(CC(=O)c2cccc(Cl)c2)C2=NCCCS2)cc1. The fourth-order valence-corrected chi connectivity index (χ4v) is 3.66. The second-order valence-corrected chi connectivity index (χ2v) is 7.22. The van der Waals surface area contributed by atoms with Gasteiger partial charge < -0.3 is 4.90 Å². The predicted molar refractivity (Wildman–Crippen MR) is 104 cm³/mol. The van der Waals surface area contributed by atoms with Crippen LogP contribution >= 0.6 is 23.4 Å². The Morgan fingerprint density at radius 1 is 1.25 bits per heavy atom. The van der Waals surface area contributed by atoms with Gasteiger partial charge in [0.1, 0.15) is 0 Å². The molecular weight excluding hydrogens is 340 g/mol. The van der Waals surface area contributed by atoms with Crippen LogP contribution in [0, 0.1) is 6.92 Å². The molecule has 0 amide bonds. The Bertz CT molecular complexity index is 758. The van der Waals surface area contributed by atoms with Gasteiger partial charge in [0.15, 0.2) is 11.0 Å². The van der Waals surface area contributed by atoms with Gasteiger partial charge in [-0.25, -0.2) is 0 Å². The van der Waals surface area contributed by atoms with E-state index >= 15 is 0 Å². The lowest BCUT2D eigenvalue weighted by atomic mass is 10.1. The van der Waals surface area contributed by atoms with Crippen LogP contribution < -0.4 is 4.90 Å². The van der Waals surface area contributed by atoms with Crippen molar-refractivity contribution in [3.05, 3.63) is 64.7 Å². The van der Waals surface area contributed by atoms with Crippen molar-refractivity contribution >= 4 is 40.0 Å². The third-order valence-corrected chi connectivity index (χ3v) is 5.14. The highest BCUT2D eigenvalue weighted by Gasteiger charge is 2.20. The highest BCUT2D eigenvalue weighted by Crippen LogP contribution is 2.24. The number of carbonyl (C=O) groups is 1. The molecule has 0 radical (unpaired) electrons. The minimum absolute atomic E-state index is 0.0342. The minimum Gasteiger partial charge on any atom is -0.313 e. The minimum atomic E-state index is 0.0342. The number of rotatable bonds is 4. The number of nitrogens with zero attached hydrogens (tertiary/aromatic N) is 2. The molecule has 124 valence electrons. The lowest BCUT2D eigenvalue weighted by Crippen LogP contribution is -2.35. The zero-order chi connectivity index (χ0) is 16.9. The third kappa shape index (κ3) is 4.19. The summed E-state index contributed by atoms with van der Waals surface area (Å²) in [6.45, 7) is 3.13. The lowest BCUT2D eigenvalue weighted by molar-refractivity contribution is 0.100. The normalized spacial score (nSPS) is 14.2. The molecule has 0 aliphatic carbocycles. The quantitative estimate of drug-likeness (QED) is 0.734. The molecule has 5 heteroatoms. The first-order valence-electron chi connectivity index (χ1n) is 7.94. The molecular formula is C19H19ClN2OS. The maximum atomic E-state index is 12.7. The van der Waals surface area contributed by atoms with Crippen LogP contribution in [0.4, 0.5) is 5.69 Å². The monoisotopic (exact) mass is 358 g/mol. The summed E-state index contributed by atoms with van der Waals surface area (Å²) in [6.07, 6.45) is 1.08. The summed E-state index contributed by atoms with van der Waals surface area (Å²) in [7, 11) is 0. The number of thioether (sulfide) groups is 1. The highest BCUT2D eigenvalue weighted by molar-refractivity contribution is 8.14. The lowest BCUT2D eigenvalue weighted by Gasteiger charge is -2.27. The second-order valence-electron chi connectivity index (χ2n) is 5.72. The van der Waals surface area contributed by atoms with Crippen molar-refractivity contribution < 1.29 is 4.79 Å². The van der Waals surface area contributed by atoms with Crippen molar-refractivity contribution in [1.29, 1.82) is 0 Å². The largest absolute Gasteiger partial charge is 0.313 e. The van der Waals surface area contributed by atoms with E-state index in [1.54, 1.807) is 36.0 Å². The van der Waals surface area contributed by atoms with Crippen LogP contribution in [0.3, 0.4) is 0 Å². The maximum Gasteiger partial charge on any atom is 0.182 e. The molecule has 0 fully saturated rings. The number of benzene rings is 2. The Kier molecular flexibility index (Phi) is 5.59. The number of halogens is 1.